The standard InChI is InChI=1S/C15H18ClN5O2/c1-2-3-10-19(11-8-9-11)14(22)21-15(23)20(17-18-21)13-7-5-4-6-12(13)16/h4-7,11H,2-3,8-10H2,1H3. The van der Waals surface area contributed by atoms with Crippen molar-refractivity contribution < 1.29 is 4.79 Å². The van der Waals surface area contributed by atoms with Gasteiger partial charge < -0.3 is 4.90 Å². The zero-order chi connectivity index (χ0) is 16.4. The third-order valence-corrected chi connectivity index (χ3v) is 4.15. The van der Waals surface area contributed by atoms with E-state index in [4.69, 9.17) is 11.6 Å². The van der Waals surface area contributed by atoms with Crippen LogP contribution in [-0.2, 0) is 0 Å². The number of carbonyl (C=O) groups is 1. The smallest absolute Gasteiger partial charge is 0.320 e. The highest BCUT2D eigenvalue weighted by molar-refractivity contribution is 6.32. The first kappa shape index (κ1) is 15.7. The number of rotatable bonds is 5. The van der Waals surface area contributed by atoms with Crippen LogP contribution in [0.15, 0.2) is 29.1 Å². The summed E-state index contributed by atoms with van der Waals surface area (Å²) in [5.41, 5.74) is -0.199. The van der Waals surface area contributed by atoms with Gasteiger partial charge in [0.15, 0.2) is 0 Å². The van der Waals surface area contributed by atoms with Gasteiger partial charge in [-0.15, -0.1) is 4.68 Å². The molecule has 3 rings (SSSR count). The largest absolute Gasteiger partial charge is 0.377 e. The van der Waals surface area contributed by atoms with E-state index in [1.54, 1.807) is 29.2 Å². The van der Waals surface area contributed by atoms with Crippen molar-refractivity contribution in [1.82, 2.24) is 24.7 Å². The van der Waals surface area contributed by atoms with E-state index in [0.29, 0.717) is 17.3 Å². The number of halogens is 1. The number of carbonyl (C=O) groups excluding carboxylic acids is 1. The van der Waals surface area contributed by atoms with Crippen molar-refractivity contribution in [2.24, 2.45) is 0 Å². The van der Waals surface area contributed by atoms with Crippen LogP contribution in [0.2, 0.25) is 5.02 Å². The molecule has 8 heteroatoms. The maximum atomic E-state index is 12.6. The lowest BCUT2D eigenvalue weighted by Crippen LogP contribution is -2.42. The highest BCUT2D eigenvalue weighted by Gasteiger charge is 2.34. The summed E-state index contributed by atoms with van der Waals surface area (Å²) in [6.45, 7) is 2.70. The number of amides is 1. The van der Waals surface area contributed by atoms with E-state index >= 15 is 0 Å². The first-order valence-corrected chi connectivity index (χ1v) is 8.12. The van der Waals surface area contributed by atoms with Crippen molar-refractivity contribution in [2.75, 3.05) is 6.54 Å². The van der Waals surface area contributed by atoms with Crippen molar-refractivity contribution in [3.63, 3.8) is 0 Å². The average molecular weight is 336 g/mol. The molecule has 1 aromatic carbocycles. The number of nitrogens with zero attached hydrogens (tertiary/aromatic N) is 5. The van der Waals surface area contributed by atoms with Gasteiger partial charge in [-0.25, -0.2) is 9.59 Å². The predicted octanol–water partition coefficient (Wildman–Crippen LogP) is 2.32. The van der Waals surface area contributed by atoms with Crippen molar-refractivity contribution in [3.05, 3.63) is 39.8 Å². The first-order valence-electron chi connectivity index (χ1n) is 7.74. The van der Waals surface area contributed by atoms with Gasteiger partial charge >= 0.3 is 11.7 Å². The molecule has 2 aromatic rings. The fourth-order valence-corrected chi connectivity index (χ4v) is 2.63. The van der Waals surface area contributed by atoms with E-state index in [1.807, 2.05) is 0 Å². The van der Waals surface area contributed by atoms with Gasteiger partial charge in [-0.1, -0.05) is 37.1 Å². The van der Waals surface area contributed by atoms with Crippen LogP contribution in [0.5, 0.6) is 0 Å². The number of unbranched alkanes of at least 4 members (excludes halogenated alkanes) is 1. The fraction of sp³-hybridized carbons (Fsp3) is 0.467. The molecule has 0 spiro atoms. The fourth-order valence-electron chi connectivity index (χ4n) is 2.41. The van der Waals surface area contributed by atoms with E-state index in [9.17, 15) is 9.59 Å². The number of para-hydroxylation sites is 1. The summed E-state index contributed by atoms with van der Waals surface area (Å²) < 4.78 is 1.86. The quantitative estimate of drug-likeness (QED) is 0.786. The van der Waals surface area contributed by atoms with E-state index in [2.05, 4.69) is 17.4 Å². The SMILES string of the molecule is CCCCN(C(=O)n1nnn(-c2ccccc2Cl)c1=O)C1CC1. The number of hydrogen-bond acceptors (Lipinski definition) is 4. The van der Waals surface area contributed by atoms with Gasteiger partial charge in [0.05, 0.1) is 10.7 Å². The minimum atomic E-state index is -0.606. The van der Waals surface area contributed by atoms with Crippen molar-refractivity contribution in [1.29, 1.82) is 0 Å². The summed E-state index contributed by atoms with van der Waals surface area (Å²) in [6.07, 6.45) is 3.83. The lowest BCUT2D eigenvalue weighted by molar-refractivity contribution is 0.191. The molecule has 1 amide bonds. The Hall–Kier alpha value is -2.15. The van der Waals surface area contributed by atoms with Crippen LogP contribution in [0.4, 0.5) is 4.79 Å². The van der Waals surface area contributed by atoms with Gasteiger partial charge in [-0.3, -0.25) is 0 Å². The molecule has 0 aliphatic heterocycles. The van der Waals surface area contributed by atoms with Gasteiger partial charge in [0.25, 0.3) is 0 Å². The first-order chi connectivity index (χ1) is 11.1. The molecule has 0 bridgehead atoms. The summed E-state index contributed by atoms with van der Waals surface area (Å²) in [5, 5.41) is 7.91. The predicted molar refractivity (Wildman–Crippen MR) is 86.1 cm³/mol. The summed E-state index contributed by atoms with van der Waals surface area (Å²) in [4.78, 5) is 26.8. The van der Waals surface area contributed by atoms with E-state index in [1.165, 1.54) is 0 Å². The van der Waals surface area contributed by atoms with Crippen molar-refractivity contribution in [3.8, 4) is 5.69 Å². The molecule has 0 radical (unpaired) electrons. The van der Waals surface area contributed by atoms with Crippen molar-refractivity contribution in [2.45, 2.75) is 38.6 Å². The minimum absolute atomic E-state index is 0.214. The van der Waals surface area contributed by atoms with Crippen LogP contribution in [0, 0.1) is 0 Å². The van der Waals surface area contributed by atoms with E-state index in [-0.39, 0.29) is 6.04 Å². The Balaban J connectivity index is 1.91. The lowest BCUT2D eigenvalue weighted by Gasteiger charge is -2.20. The Morgan fingerprint density at radius 3 is 2.74 bits per heavy atom. The monoisotopic (exact) mass is 335 g/mol. The summed E-state index contributed by atoms with van der Waals surface area (Å²) in [7, 11) is 0. The molecule has 1 heterocycles. The molecule has 1 saturated carbocycles. The van der Waals surface area contributed by atoms with Crippen molar-refractivity contribution >= 4 is 17.6 Å². The molecule has 1 fully saturated rings. The third-order valence-electron chi connectivity index (χ3n) is 3.83. The summed E-state index contributed by atoms with van der Waals surface area (Å²) in [6, 6.07) is 6.61. The Morgan fingerprint density at radius 1 is 1.35 bits per heavy atom. The van der Waals surface area contributed by atoms with Gasteiger partial charge in [-0.05, 0) is 41.8 Å². The average Bonchev–Trinajstić information content (AvgIpc) is 3.31. The topological polar surface area (TPSA) is 73.0 Å². The van der Waals surface area contributed by atoms with E-state index in [0.717, 1.165) is 35.0 Å². The minimum Gasteiger partial charge on any atom is -0.320 e. The molecule has 1 aliphatic rings. The second-order valence-corrected chi connectivity index (χ2v) is 6.00. The van der Waals surface area contributed by atoms with Crippen LogP contribution < -0.4 is 5.69 Å². The molecule has 0 N–H and O–H groups in total. The molecule has 23 heavy (non-hydrogen) atoms. The normalized spacial score (nSPS) is 14.0. The lowest BCUT2D eigenvalue weighted by atomic mass is 10.3. The molecule has 1 aromatic heterocycles. The molecular formula is C15H18ClN5O2. The maximum absolute atomic E-state index is 12.6. The molecule has 122 valence electrons. The Bertz CT molecular complexity index is 765. The van der Waals surface area contributed by atoms with Crippen LogP contribution in [-0.4, -0.2) is 43.3 Å². The molecular weight excluding hydrogens is 318 g/mol. The molecule has 7 nitrogen and oxygen atoms in total. The zero-order valence-corrected chi connectivity index (χ0v) is 13.6. The number of aromatic nitrogens is 4. The second kappa shape index (κ2) is 6.54. The highest BCUT2D eigenvalue weighted by Crippen LogP contribution is 2.27. The van der Waals surface area contributed by atoms with Gasteiger partial charge in [-0.2, -0.15) is 4.68 Å². The van der Waals surface area contributed by atoms with Crippen LogP contribution in [0.3, 0.4) is 0 Å². The second-order valence-electron chi connectivity index (χ2n) is 5.60. The molecule has 0 unspecified atom stereocenters. The number of tetrazole rings is 1. The van der Waals surface area contributed by atoms with Gasteiger partial charge in [0.1, 0.15) is 0 Å². The third kappa shape index (κ3) is 3.14. The van der Waals surface area contributed by atoms with Gasteiger partial charge in [0, 0.05) is 12.6 Å². The van der Waals surface area contributed by atoms with Crippen LogP contribution in [0.1, 0.15) is 32.6 Å². The molecule has 0 atom stereocenters. The zero-order valence-electron chi connectivity index (χ0n) is 12.9. The highest BCUT2D eigenvalue weighted by atomic mass is 35.5. The number of hydrogen-bond donors (Lipinski definition) is 0. The Labute approximate surface area is 138 Å². The van der Waals surface area contributed by atoms with Crippen LogP contribution in [0.25, 0.3) is 5.69 Å². The Kier molecular flexibility index (Phi) is 4.47. The Morgan fingerprint density at radius 2 is 2.09 bits per heavy atom. The van der Waals surface area contributed by atoms with Crippen LogP contribution >= 0.6 is 11.6 Å². The summed E-state index contributed by atoms with van der Waals surface area (Å²) in [5.74, 6) is 0. The van der Waals surface area contributed by atoms with Gasteiger partial charge in [0.2, 0.25) is 0 Å². The number of benzene rings is 1. The summed E-state index contributed by atoms with van der Waals surface area (Å²) >= 11 is 6.08. The molecule has 1 aliphatic carbocycles. The molecule has 0 saturated heterocycles. The van der Waals surface area contributed by atoms with E-state index < -0.39 is 11.7 Å². The maximum Gasteiger partial charge on any atom is 0.377 e.